The van der Waals surface area contributed by atoms with Crippen LogP contribution in [0.25, 0.3) is 109 Å². The standard InChI is InChI=1S/C62H36N4O3/c1-3-15-42-37(13-1)31-53(46-19-7-5-17-44(42)46)65(39-25-28-50-48-21-9-11-23-55(48)67-57(50)33-39)40-27-30-52-59(34-40)69-62-61(52)63-36-60(64-62)66(41-26-29-51-49-22-10-12-24-56(49)68-58(51)35-41)54-32-38-14-2-4-16-43(38)45-18-6-8-20-47(45)54/h1-36H. The van der Waals surface area contributed by atoms with Gasteiger partial charge in [0.25, 0.3) is 0 Å². The van der Waals surface area contributed by atoms with E-state index in [4.69, 9.17) is 23.2 Å². The Hall–Kier alpha value is -9.46. The number of furan rings is 3. The molecule has 0 radical (unpaired) electrons. The van der Waals surface area contributed by atoms with Gasteiger partial charge in [0.05, 0.1) is 23.3 Å². The summed E-state index contributed by atoms with van der Waals surface area (Å²) in [6.07, 6.45) is 1.86. The molecule has 0 spiro atoms. The van der Waals surface area contributed by atoms with Gasteiger partial charge in [-0.3, -0.25) is 4.90 Å². The zero-order chi connectivity index (χ0) is 45.2. The lowest BCUT2D eigenvalue weighted by Gasteiger charge is -2.27. The Morgan fingerprint density at radius 3 is 1.26 bits per heavy atom. The number of anilines is 6. The van der Waals surface area contributed by atoms with Crippen LogP contribution in [0.5, 0.6) is 0 Å². The molecule has 322 valence electrons. The molecule has 0 aliphatic heterocycles. The van der Waals surface area contributed by atoms with Gasteiger partial charge in [-0.05, 0) is 93.0 Å². The summed E-state index contributed by atoms with van der Waals surface area (Å²) in [4.78, 5) is 15.0. The molecule has 0 fully saturated rings. The molecule has 0 N–H and O–H groups in total. The van der Waals surface area contributed by atoms with E-state index in [0.717, 1.165) is 105 Å². The maximum absolute atomic E-state index is 6.85. The van der Waals surface area contributed by atoms with Crippen LogP contribution in [-0.4, -0.2) is 9.97 Å². The molecule has 0 unspecified atom stereocenters. The monoisotopic (exact) mass is 884 g/mol. The Morgan fingerprint density at radius 1 is 0.304 bits per heavy atom. The number of hydrogen-bond acceptors (Lipinski definition) is 7. The SMILES string of the molecule is c1ccc2c(c1)cc(N(c1ccc3c(c1)oc1ccccc13)c1ccc3c(c1)oc1nc(N(c4ccc5c(c4)oc4ccccc45)c4cc5ccccc5c5ccccc45)cnc13)c1ccccc12. The summed E-state index contributed by atoms with van der Waals surface area (Å²) in [5.41, 5.74) is 9.86. The number of nitrogens with zero attached hydrogens (tertiary/aromatic N) is 4. The van der Waals surface area contributed by atoms with E-state index in [1.807, 2.05) is 36.5 Å². The minimum absolute atomic E-state index is 0.436. The number of hydrogen-bond donors (Lipinski definition) is 0. The second kappa shape index (κ2) is 14.5. The molecule has 7 nitrogen and oxygen atoms in total. The van der Waals surface area contributed by atoms with Gasteiger partial charge < -0.3 is 18.2 Å². The average molecular weight is 885 g/mol. The van der Waals surface area contributed by atoms with Crippen LogP contribution in [0.2, 0.25) is 0 Å². The van der Waals surface area contributed by atoms with Crippen molar-refractivity contribution >= 4 is 143 Å². The molecule has 7 heteroatoms. The van der Waals surface area contributed by atoms with Crippen LogP contribution in [0.1, 0.15) is 0 Å². The van der Waals surface area contributed by atoms with Gasteiger partial charge >= 0.3 is 0 Å². The molecule has 0 saturated carbocycles. The predicted molar refractivity (Wildman–Crippen MR) is 283 cm³/mol. The highest BCUT2D eigenvalue weighted by Gasteiger charge is 2.24. The Bertz CT molecular complexity index is 4310. The Balaban J connectivity index is 0.933. The van der Waals surface area contributed by atoms with E-state index in [0.29, 0.717) is 22.6 Å². The Labute approximate surface area is 393 Å². The summed E-state index contributed by atoms with van der Waals surface area (Å²) in [6, 6.07) is 74.4. The molecule has 0 aliphatic carbocycles. The van der Waals surface area contributed by atoms with Crippen molar-refractivity contribution in [3.8, 4) is 0 Å². The number of benzene rings is 11. The average Bonchev–Trinajstić information content (AvgIpc) is 4.09. The molecule has 0 bridgehead atoms. The van der Waals surface area contributed by atoms with Crippen molar-refractivity contribution in [2.45, 2.75) is 0 Å². The van der Waals surface area contributed by atoms with Gasteiger partial charge in [-0.2, -0.15) is 4.98 Å². The molecule has 11 aromatic carbocycles. The van der Waals surface area contributed by atoms with Crippen LogP contribution >= 0.6 is 0 Å². The topological polar surface area (TPSA) is 71.7 Å². The third-order valence-electron chi connectivity index (χ3n) is 13.9. The molecule has 4 heterocycles. The Kier molecular flexibility index (Phi) is 7.94. The molecule has 69 heavy (non-hydrogen) atoms. The van der Waals surface area contributed by atoms with Crippen molar-refractivity contribution in [1.82, 2.24) is 9.97 Å². The first kappa shape index (κ1) is 37.7. The fourth-order valence-electron chi connectivity index (χ4n) is 10.7. The van der Waals surface area contributed by atoms with E-state index in [1.54, 1.807) is 0 Å². The van der Waals surface area contributed by atoms with E-state index in [1.165, 1.54) is 16.2 Å². The van der Waals surface area contributed by atoms with Gasteiger partial charge in [0.15, 0.2) is 5.82 Å². The van der Waals surface area contributed by atoms with Crippen LogP contribution in [0.4, 0.5) is 34.3 Å². The van der Waals surface area contributed by atoms with Crippen molar-refractivity contribution in [2.24, 2.45) is 0 Å². The van der Waals surface area contributed by atoms with Gasteiger partial charge in [0.2, 0.25) is 5.71 Å². The largest absolute Gasteiger partial charge is 0.456 e. The Morgan fingerprint density at radius 2 is 0.710 bits per heavy atom. The van der Waals surface area contributed by atoms with Crippen LogP contribution in [-0.2, 0) is 0 Å². The van der Waals surface area contributed by atoms with Crippen LogP contribution in [0.15, 0.2) is 232 Å². The van der Waals surface area contributed by atoms with E-state index in [-0.39, 0.29) is 0 Å². The first-order valence-electron chi connectivity index (χ1n) is 23.1. The highest BCUT2D eigenvalue weighted by atomic mass is 16.3. The highest BCUT2D eigenvalue weighted by Crippen LogP contribution is 2.47. The van der Waals surface area contributed by atoms with Crippen molar-refractivity contribution in [2.75, 3.05) is 9.80 Å². The lowest BCUT2D eigenvalue weighted by molar-refractivity contribution is 0.653. The number of fused-ring (bicyclic) bond motifs is 15. The minimum Gasteiger partial charge on any atom is -0.456 e. The quantitative estimate of drug-likeness (QED) is 0.154. The number of rotatable bonds is 6. The zero-order valence-electron chi connectivity index (χ0n) is 36.8. The molecular formula is C62H36N4O3. The highest BCUT2D eigenvalue weighted by molar-refractivity contribution is 6.17. The first-order valence-corrected chi connectivity index (χ1v) is 23.1. The van der Waals surface area contributed by atoms with Crippen molar-refractivity contribution in [1.29, 1.82) is 0 Å². The molecule has 4 aromatic heterocycles. The van der Waals surface area contributed by atoms with Gasteiger partial charge in [-0.1, -0.05) is 133 Å². The zero-order valence-corrected chi connectivity index (χ0v) is 36.8. The second-order valence-electron chi connectivity index (χ2n) is 17.7. The van der Waals surface area contributed by atoms with E-state index < -0.39 is 0 Å². The smallest absolute Gasteiger partial charge is 0.248 e. The molecule has 15 rings (SSSR count). The third-order valence-corrected chi connectivity index (χ3v) is 13.9. The maximum Gasteiger partial charge on any atom is 0.248 e. The summed E-state index contributed by atoms with van der Waals surface area (Å²) in [5, 5.41) is 14.3. The van der Waals surface area contributed by atoms with Crippen molar-refractivity contribution in [3.05, 3.63) is 219 Å². The molecule has 0 aliphatic rings. The lowest BCUT2D eigenvalue weighted by atomic mass is 9.99. The summed E-state index contributed by atoms with van der Waals surface area (Å²) in [6.45, 7) is 0. The molecule has 0 amide bonds. The third kappa shape index (κ3) is 5.74. The second-order valence-corrected chi connectivity index (χ2v) is 17.7. The summed E-state index contributed by atoms with van der Waals surface area (Å²) >= 11 is 0. The summed E-state index contributed by atoms with van der Waals surface area (Å²) in [5.74, 6) is 0.612. The number of aromatic nitrogens is 2. The van der Waals surface area contributed by atoms with Gasteiger partial charge in [-0.25, -0.2) is 4.98 Å². The van der Waals surface area contributed by atoms with Crippen LogP contribution in [0, 0.1) is 0 Å². The van der Waals surface area contributed by atoms with E-state index >= 15 is 0 Å². The molecule has 0 saturated heterocycles. The number of para-hydroxylation sites is 2. The predicted octanol–water partition coefficient (Wildman–Crippen LogP) is 17.7. The van der Waals surface area contributed by atoms with Gasteiger partial charge in [-0.15, -0.1) is 0 Å². The van der Waals surface area contributed by atoms with Gasteiger partial charge in [0.1, 0.15) is 33.4 Å². The fraction of sp³-hybridized carbons (Fsp3) is 0. The minimum atomic E-state index is 0.436. The van der Waals surface area contributed by atoms with E-state index in [2.05, 4.69) is 192 Å². The summed E-state index contributed by atoms with van der Waals surface area (Å²) in [7, 11) is 0. The van der Waals surface area contributed by atoms with Gasteiger partial charge in [0, 0.05) is 67.3 Å². The van der Waals surface area contributed by atoms with Crippen LogP contribution < -0.4 is 9.80 Å². The van der Waals surface area contributed by atoms with Crippen molar-refractivity contribution in [3.63, 3.8) is 0 Å². The first-order chi connectivity index (χ1) is 34.2. The fourth-order valence-corrected chi connectivity index (χ4v) is 10.7. The van der Waals surface area contributed by atoms with E-state index in [9.17, 15) is 0 Å². The molecule has 0 atom stereocenters. The lowest BCUT2D eigenvalue weighted by Crippen LogP contribution is -2.12. The van der Waals surface area contributed by atoms with Crippen LogP contribution in [0.3, 0.4) is 0 Å². The van der Waals surface area contributed by atoms with Crippen molar-refractivity contribution < 1.29 is 13.3 Å². The molecular weight excluding hydrogens is 849 g/mol. The molecule has 15 aromatic rings. The maximum atomic E-state index is 6.85. The summed E-state index contributed by atoms with van der Waals surface area (Å²) < 4.78 is 19.8. The normalized spacial score (nSPS) is 12.1.